The van der Waals surface area contributed by atoms with Gasteiger partial charge in [-0.1, -0.05) is 40.0 Å². The maximum atomic E-state index is 12.7. The number of carbonyl (C=O) groups excluding carboxylic acids is 1. The lowest BCUT2D eigenvalue weighted by molar-refractivity contribution is -0.140. The SMILES string of the molecule is CC(C)(C)CCN1CCN(C(=O)C2(N)CCCCC2)CC1. The second-order valence-electron chi connectivity index (χ2n) is 8.16. The van der Waals surface area contributed by atoms with Crippen LogP contribution in [0.25, 0.3) is 0 Å². The molecule has 0 aromatic heterocycles. The van der Waals surface area contributed by atoms with Gasteiger partial charge < -0.3 is 10.6 Å². The number of hydrogen-bond donors (Lipinski definition) is 1. The van der Waals surface area contributed by atoms with Gasteiger partial charge in [-0.15, -0.1) is 0 Å². The summed E-state index contributed by atoms with van der Waals surface area (Å²) in [6.07, 6.45) is 6.39. The molecule has 1 saturated carbocycles. The van der Waals surface area contributed by atoms with E-state index in [2.05, 4.69) is 25.7 Å². The average molecular weight is 295 g/mol. The summed E-state index contributed by atoms with van der Waals surface area (Å²) in [5, 5.41) is 0. The lowest BCUT2D eigenvalue weighted by atomic mass is 9.81. The summed E-state index contributed by atoms with van der Waals surface area (Å²) >= 11 is 0. The van der Waals surface area contributed by atoms with Crippen molar-refractivity contribution in [2.75, 3.05) is 32.7 Å². The Morgan fingerprint density at radius 3 is 2.14 bits per heavy atom. The van der Waals surface area contributed by atoms with Gasteiger partial charge in [0.2, 0.25) is 5.91 Å². The lowest BCUT2D eigenvalue weighted by Gasteiger charge is -2.41. The van der Waals surface area contributed by atoms with Gasteiger partial charge in [-0.05, 0) is 31.2 Å². The molecule has 2 rings (SSSR count). The van der Waals surface area contributed by atoms with Crippen molar-refractivity contribution in [3.63, 3.8) is 0 Å². The molecule has 0 aromatic carbocycles. The van der Waals surface area contributed by atoms with Crippen LogP contribution in [-0.2, 0) is 4.79 Å². The van der Waals surface area contributed by atoms with Crippen molar-refractivity contribution in [2.45, 2.75) is 64.8 Å². The molecule has 1 heterocycles. The van der Waals surface area contributed by atoms with Crippen LogP contribution in [0.15, 0.2) is 0 Å². The van der Waals surface area contributed by atoms with Gasteiger partial charge in [-0.2, -0.15) is 0 Å². The highest BCUT2D eigenvalue weighted by molar-refractivity contribution is 5.86. The van der Waals surface area contributed by atoms with Crippen LogP contribution in [-0.4, -0.2) is 54.0 Å². The van der Waals surface area contributed by atoms with Gasteiger partial charge >= 0.3 is 0 Å². The van der Waals surface area contributed by atoms with E-state index in [1.807, 2.05) is 4.90 Å². The fourth-order valence-corrected chi connectivity index (χ4v) is 3.38. The topological polar surface area (TPSA) is 49.6 Å². The van der Waals surface area contributed by atoms with Crippen LogP contribution in [0.1, 0.15) is 59.3 Å². The minimum atomic E-state index is -0.564. The monoisotopic (exact) mass is 295 g/mol. The fraction of sp³-hybridized carbons (Fsp3) is 0.941. The molecule has 1 amide bonds. The Balaban J connectivity index is 1.79. The van der Waals surface area contributed by atoms with Crippen LogP contribution in [0.3, 0.4) is 0 Å². The molecule has 4 heteroatoms. The van der Waals surface area contributed by atoms with E-state index in [4.69, 9.17) is 5.73 Å². The van der Waals surface area contributed by atoms with Crippen molar-refractivity contribution < 1.29 is 4.79 Å². The highest BCUT2D eigenvalue weighted by atomic mass is 16.2. The van der Waals surface area contributed by atoms with E-state index in [9.17, 15) is 4.79 Å². The summed E-state index contributed by atoms with van der Waals surface area (Å²) in [4.78, 5) is 17.2. The molecule has 0 unspecified atom stereocenters. The van der Waals surface area contributed by atoms with Crippen molar-refractivity contribution in [1.82, 2.24) is 9.80 Å². The first-order valence-electron chi connectivity index (χ1n) is 8.61. The molecule has 1 aliphatic heterocycles. The third kappa shape index (κ3) is 4.68. The van der Waals surface area contributed by atoms with Gasteiger partial charge in [0.15, 0.2) is 0 Å². The number of nitrogens with two attached hydrogens (primary N) is 1. The maximum absolute atomic E-state index is 12.7. The number of rotatable bonds is 3. The fourth-order valence-electron chi connectivity index (χ4n) is 3.38. The van der Waals surface area contributed by atoms with Crippen LogP contribution in [0, 0.1) is 5.41 Å². The number of carbonyl (C=O) groups is 1. The van der Waals surface area contributed by atoms with Gasteiger partial charge in [0, 0.05) is 26.2 Å². The van der Waals surface area contributed by atoms with Crippen LogP contribution in [0.2, 0.25) is 0 Å². The normalized spacial score (nSPS) is 24.1. The number of piperazine rings is 1. The minimum absolute atomic E-state index is 0.206. The van der Waals surface area contributed by atoms with Gasteiger partial charge in [0.25, 0.3) is 0 Å². The number of nitrogens with zero attached hydrogens (tertiary/aromatic N) is 2. The summed E-state index contributed by atoms with van der Waals surface area (Å²) in [7, 11) is 0. The molecule has 21 heavy (non-hydrogen) atoms. The summed E-state index contributed by atoms with van der Waals surface area (Å²) < 4.78 is 0. The van der Waals surface area contributed by atoms with E-state index in [0.717, 1.165) is 58.4 Å². The largest absolute Gasteiger partial charge is 0.339 e. The van der Waals surface area contributed by atoms with E-state index >= 15 is 0 Å². The molecule has 0 aromatic rings. The predicted molar refractivity (Wildman–Crippen MR) is 87.1 cm³/mol. The molecule has 4 nitrogen and oxygen atoms in total. The van der Waals surface area contributed by atoms with Crippen molar-refractivity contribution in [2.24, 2.45) is 11.1 Å². The van der Waals surface area contributed by atoms with Crippen molar-refractivity contribution in [3.8, 4) is 0 Å². The first-order valence-corrected chi connectivity index (χ1v) is 8.61. The van der Waals surface area contributed by atoms with Crippen molar-refractivity contribution in [1.29, 1.82) is 0 Å². The zero-order valence-corrected chi connectivity index (χ0v) is 14.2. The zero-order valence-electron chi connectivity index (χ0n) is 14.2. The standard InChI is InChI=1S/C17H33N3O/c1-16(2,3)9-10-19-11-13-20(14-12-19)15(21)17(18)7-5-4-6-8-17/h4-14,18H2,1-3H3. The molecule has 122 valence electrons. The van der Waals surface area contributed by atoms with Crippen molar-refractivity contribution in [3.05, 3.63) is 0 Å². The highest BCUT2D eigenvalue weighted by Gasteiger charge is 2.39. The summed E-state index contributed by atoms with van der Waals surface area (Å²) in [5.41, 5.74) is 6.20. The highest BCUT2D eigenvalue weighted by Crippen LogP contribution is 2.28. The Kier molecular flexibility index (Phi) is 5.31. The molecule has 1 saturated heterocycles. The second kappa shape index (κ2) is 6.66. The molecular formula is C17H33N3O. The molecule has 0 atom stereocenters. The summed E-state index contributed by atoms with van der Waals surface area (Å²) in [6.45, 7) is 11.7. The van der Waals surface area contributed by atoms with E-state index in [-0.39, 0.29) is 5.91 Å². The van der Waals surface area contributed by atoms with Gasteiger partial charge in [0.05, 0.1) is 5.54 Å². The summed E-state index contributed by atoms with van der Waals surface area (Å²) in [6, 6.07) is 0. The Morgan fingerprint density at radius 1 is 1.05 bits per heavy atom. The zero-order chi connectivity index (χ0) is 15.5. The van der Waals surface area contributed by atoms with Gasteiger partial charge in [-0.3, -0.25) is 9.69 Å². The van der Waals surface area contributed by atoms with Crippen LogP contribution in [0.5, 0.6) is 0 Å². The maximum Gasteiger partial charge on any atom is 0.242 e. The Bertz CT molecular complexity index is 348. The Labute approximate surface area is 130 Å². The smallest absolute Gasteiger partial charge is 0.242 e. The Hall–Kier alpha value is -0.610. The third-order valence-electron chi connectivity index (χ3n) is 5.01. The quantitative estimate of drug-likeness (QED) is 0.868. The van der Waals surface area contributed by atoms with Crippen LogP contribution >= 0.6 is 0 Å². The molecule has 2 fully saturated rings. The van der Waals surface area contributed by atoms with Gasteiger partial charge in [0.1, 0.15) is 0 Å². The molecule has 2 N–H and O–H groups in total. The third-order valence-corrected chi connectivity index (χ3v) is 5.01. The molecule has 0 spiro atoms. The molecular weight excluding hydrogens is 262 g/mol. The van der Waals surface area contributed by atoms with Crippen molar-refractivity contribution >= 4 is 5.91 Å². The molecule has 0 radical (unpaired) electrons. The van der Waals surface area contributed by atoms with E-state index in [0.29, 0.717) is 5.41 Å². The van der Waals surface area contributed by atoms with Gasteiger partial charge in [-0.25, -0.2) is 0 Å². The second-order valence-corrected chi connectivity index (χ2v) is 8.16. The number of amides is 1. The average Bonchev–Trinajstić information content (AvgIpc) is 2.45. The number of hydrogen-bond acceptors (Lipinski definition) is 3. The van der Waals surface area contributed by atoms with Crippen LogP contribution < -0.4 is 5.73 Å². The first kappa shape index (κ1) is 16.8. The molecule has 2 aliphatic rings. The minimum Gasteiger partial charge on any atom is -0.339 e. The molecule has 1 aliphatic carbocycles. The van der Waals surface area contributed by atoms with E-state index < -0.39 is 5.54 Å². The Morgan fingerprint density at radius 2 is 1.62 bits per heavy atom. The molecule has 0 bridgehead atoms. The predicted octanol–water partition coefficient (Wildman–Crippen LogP) is 2.23. The summed E-state index contributed by atoms with van der Waals surface area (Å²) in [5.74, 6) is 0.206. The lowest BCUT2D eigenvalue weighted by Crippen LogP contribution is -2.60. The first-order chi connectivity index (χ1) is 9.80. The van der Waals surface area contributed by atoms with Crippen LogP contribution in [0.4, 0.5) is 0 Å². The van der Waals surface area contributed by atoms with E-state index in [1.165, 1.54) is 12.8 Å². The van der Waals surface area contributed by atoms with E-state index in [1.54, 1.807) is 0 Å².